The molecule has 0 bridgehead atoms. The normalized spacial score (nSPS) is 17.5. The Balaban J connectivity index is 1.53. The fourth-order valence-electron chi connectivity index (χ4n) is 4.55. The number of hydrogen-bond acceptors (Lipinski definition) is 2. The van der Waals surface area contributed by atoms with Crippen molar-refractivity contribution in [2.45, 2.75) is 52.4 Å². The fraction of sp³-hybridized carbons (Fsp3) is 0.229. The number of aliphatic imine (C=N–C) groups is 1. The van der Waals surface area contributed by atoms with Gasteiger partial charge in [-0.05, 0) is 63.5 Å². The van der Waals surface area contributed by atoms with Gasteiger partial charge in [-0.15, -0.1) is 0 Å². The second kappa shape index (κ2) is 9.52. The summed E-state index contributed by atoms with van der Waals surface area (Å²) in [6.45, 7) is 13.4. The maximum atomic E-state index is 6.43. The van der Waals surface area contributed by atoms with Gasteiger partial charge in [0, 0.05) is 22.9 Å². The first kappa shape index (κ1) is 24.8. The maximum absolute atomic E-state index is 6.43. The van der Waals surface area contributed by atoms with E-state index in [1.54, 1.807) is 0 Å². The monoisotopic (exact) mass is 485 g/mol. The summed E-state index contributed by atoms with van der Waals surface area (Å²) in [5.41, 5.74) is 9.46. The molecule has 0 unspecified atom stereocenters. The standard InChI is InChI=1S/C35H35NO/c1-34(2,3)28-16-11-24(12-17-28)27-21-30(20-15-26-23-36-32-10-8-7-9-31(26)32)37-33(22-27)25-13-18-29(19-14-25)35(4,5)6/h7-23H,1-6H3. The van der Waals surface area contributed by atoms with Crippen molar-refractivity contribution in [1.82, 2.24) is 0 Å². The molecule has 0 aliphatic carbocycles. The van der Waals surface area contributed by atoms with Crippen molar-refractivity contribution in [2.24, 2.45) is 4.99 Å². The number of rotatable bonds is 3. The lowest BCUT2D eigenvalue weighted by Gasteiger charge is -2.22. The van der Waals surface area contributed by atoms with Gasteiger partial charge in [0.05, 0.1) is 5.69 Å². The van der Waals surface area contributed by atoms with Gasteiger partial charge in [0.25, 0.3) is 0 Å². The van der Waals surface area contributed by atoms with E-state index in [-0.39, 0.29) is 10.8 Å². The fourth-order valence-corrected chi connectivity index (χ4v) is 4.55. The molecule has 2 nitrogen and oxygen atoms in total. The highest BCUT2D eigenvalue weighted by molar-refractivity contribution is 6.16. The van der Waals surface area contributed by atoms with E-state index in [4.69, 9.17) is 4.74 Å². The Bertz CT molecular complexity index is 1460. The number of allylic oxidation sites excluding steroid dienone is 6. The van der Waals surface area contributed by atoms with Gasteiger partial charge >= 0.3 is 0 Å². The van der Waals surface area contributed by atoms with Crippen molar-refractivity contribution in [2.75, 3.05) is 0 Å². The highest BCUT2D eigenvalue weighted by Crippen LogP contribution is 2.35. The summed E-state index contributed by atoms with van der Waals surface area (Å²) in [5, 5.41) is 0. The van der Waals surface area contributed by atoms with Gasteiger partial charge < -0.3 is 4.74 Å². The molecule has 3 aromatic carbocycles. The molecule has 186 valence electrons. The van der Waals surface area contributed by atoms with E-state index in [9.17, 15) is 0 Å². The zero-order chi connectivity index (χ0) is 26.2. The highest BCUT2D eigenvalue weighted by Gasteiger charge is 2.18. The minimum atomic E-state index is 0.108. The van der Waals surface area contributed by atoms with Gasteiger partial charge in [-0.1, -0.05) is 108 Å². The lowest BCUT2D eigenvalue weighted by Crippen LogP contribution is -2.11. The molecule has 0 spiro atoms. The molecule has 5 rings (SSSR count). The average molecular weight is 486 g/mol. The zero-order valence-electron chi connectivity index (χ0n) is 22.7. The highest BCUT2D eigenvalue weighted by atomic mass is 16.5. The predicted octanol–water partition coefficient (Wildman–Crippen LogP) is 9.42. The van der Waals surface area contributed by atoms with Gasteiger partial charge in [0.15, 0.2) is 0 Å². The first-order chi connectivity index (χ1) is 17.6. The largest absolute Gasteiger partial charge is 0.457 e. The molecule has 0 atom stereocenters. The smallest absolute Gasteiger partial charge is 0.135 e. The maximum Gasteiger partial charge on any atom is 0.135 e. The first-order valence-corrected chi connectivity index (χ1v) is 13.0. The number of fused-ring (bicyclic) bond motifs is 1. The minimum absolute atomic E-state index is 0.108. The third-order valence-electron chi connectivity index (χ3n) is 6.92. The predicted molar refractivity (Wildman–Crippen MR) is 158 cm³/mol. The van der Waals surface area contributed by atoms with Crippen LogP contribution in [0, 0.1) is 0 Å². The van der Waals surface area contributed by atoms with Crippen molar-refractivity contribution in [1.29, 1.82) is 0 Å². The lowest BCUT2D eigenvalue weighted by atomic mass is 9.86. The third-order valence-corrected chi connectivity index (χ3v) is 6.92. The molecule has 2 heterocycles. The number of hydrogen-bond donors (Lipinski definition) is 0. The molecule has 3 aromatic rings. The molecule has 0 aromatic heterocycles. The molecule has 0 fully saturated rings. The molecular formula is C35H35NO. The molecule has 2 aliphatic heterocycles. The van der Waals surface area contributed by atoms with E-state index in [1.807, 2.05) is 30.5 Å². The van der Waals surface area contributed by atoms with Crippen LogP contribution >= 0.6 is 0 Å². The quantitative estimate of drug-likeness (QED) is 0.362. The summed E-state index contributed by atoms with van der Waals surface area (Å²) in [4.78, 5) is 4.54. The Morgan fingerprint density at radius 1 is 0.649 bits per heavy atom. The van der Waals surface area contributed by atoms with Crippen LogP contribution in [0.3, 0.4) is 0 Å². The van der Waals surface area contributed by atoms with Crippen LogP contribution in [0.5, 0.6) is 0 Å². The van der Waals surface area contributed by atoms with Crippen molar-refractivity contribution in [3.63, 3.8) is 0 Å². The van der Waals surface area contributed by atoms with E-state index in [1.165, 1.54) is 16.7 Å². The van der Waals surface area contributed by atoms with Gasteiger partial charge in [0.2, 0.25) is 0 Å². The summed E-state index contributed by atoms with van der Waals surface area (Å²) in [7, 11) is 0. The topological polar surface area (TPSA) is 21.6 Å². The Labute approximate surface area is 221 Å². The molecule has 0 saturated heterocycles. The van der Waals surface area contributed by atoms with Crippen molar-refractivity contribution < 1.29 is 4.74 Å². The second-order valence-electron chi connectivity index (χ2n) is 11.8. The van der Waals surface area contributed by atoms with Gasteiger partial charge in [-0.25, -0.2) is 0 Å². The van der Waals surface area contributed by atoms with E-state index in [2.05, 4.69) is 119 Å². The molecular weight excluding hydrogens is 450 g/mol. The summed E-state index contributed by atoms with van der Waals surface area (Å²) >= 11 is 0. The Morgan fingerprint density at radius 3 is 1.86 bits per heavy atom. The Morgan fingerprint density at radius 2 is 1.24 bits per heavy atom. The van der Waals surface area contributed by atoms with Crippen LogP contribution in [0.15, 0.2) is 108 Å². The van der Waals surface area contributed by atoms with E-state index >= 15 is 0 Å². The molecule has 2 aliphatic rings. The van der Waals surface area contributed by atoms with Crippen molar-refractivity contribution >= 4 is 28.8 Å². The molecule has 37 heavy (non-hydrogen) atoms. The van der Waals surface area contributed by atoms with E-state index in [0.717, 1.165) is 39.5 Å². The van der Waals surface area contributed by atoms with Crippen LogP contribution in [0.25, 0.3) is 16.9 Å². The molecule has 0 amide bonds. The summed E-state index contributed by atoms with van der Waals surface area (Å²) < 4.78 is 6.43. The van der Waals surface area contributed by atoms with Crippen LogP contribution in [0.1, 0.15) is 69.4 Å². The molecule has 0 saturated carbocycles. The third kappa shape index (κ3) is 5.44. The van der Waals surface area contributed by atoms with Gasteiger partial charge in [-0.2, -0.15) is 0 Å². The van der Waals surface area contributed by atoms with Crippen molar-refractivity contribution in [3.05, 3.63) is 131 Å². The Kier molecular flexibility index (Phi) is 6.37. The number of benzene rings is 3. The average Bonchev–Trinajstić information content (AvgIpc) is 3.29. The number of para-hydroxylation sites is 1. The summed E-state index contributed by atoms with van der Waals surface area (Å²) in [6, 6.07) is 25.8. The van der Waals surface area contributed by atoms with Gasteiger partial charge in [0.1, 0.15) is 11.5 Å². The second-order valence-corrected chi connectivity index (χ2v) is 11.8. The zero-order valence-corrected chi connectivity index (χ0v) is 22.7. The van der Waals surface area contributed by atoms with Crippen LogP contribution in [-0.4, -0.2) is 6.21 Å². The SMILES string of the molecule is CC(C)(C)c1ccc(C2=CC(=CC=C3C=Nc4ccccc43)OC(c3ccc(C(C)(C)C)cc3)=C2)cc1. The minimum Gasteiger partial charge on any atom is -0.457 e. The summed E-state index contributed by atoms with van der Waals surface area (Å²) in [5.74, 6) is 1.65. The van der Waals surface area contributed by atoms with Crippen LogP contribution in [0.2, 0.25) is 0 Å². The molecule has 2 heteroatoms. The van der Waals surface area contributed by atoms with Crippen LogP contribution in [-0.2, 0) is 15.6 Å². The Hall–Kier alpha value is -3.91. The van der Waals surface area contributed by atoms with Crippen LogP contribution < -0.4 is 0 Å². The lowest BCUT2D eigenvalue weighted by molar-refractivity contribution is 0.398. The summed E-state index contributed by atoms with van der Waals surface area (Å²) in [6.07, 6.45) is 10.3. The van der Waals surface area contributed by atoms with Crippen LogP contribution in [0.4, 0.5) is 5.69 Å². The van der Waals surface area contributed by atoms with E-state index in [0.29, 0.717) is 0 Å². The molecule has 0 N–H and O–H groups in total. The van der Waals surface area contributed by atoms with Gasteiger partial charge in [-0.3, -0.25) is 4.99 Å². The van der Waals surface area contributed by atoms with Crippen molar-refractivity contribution in [3.8, 4) is 0 Å². The number of ether oxygens (including phenoxy) is 1. The first-order valence-electron chi connectivity index (χ1n) is 13.0. The van der Waals surface area contributed by atoms with E-state index < -0.39 is 0 Å². The number of nitrogens with zero attached hydrogens (tertiary/aromatic N) is 1. The molecule has 0 radical (unpaired) electrons.